The highest BCUT2D eigenvalue weighted by molar-refractivity contribution is 6.98. The van der Waals surface area contributed by atoms with Crippen LogP contribution in [0.4, 0.5) is 0 Å². The first-order valence-corrected chi connectivity index (χ1v) is 21.4. The Morgan fingerprint density at radius 1 is 0.842 bits per heavy atom. The van der Waals surface area contributed by atoms with Crippen molar-refractivity contribution in [2.75, 3.05) is 0 Å². The van der Waals surface area contributed by atoms with Gasteiger partial charge in [-0.3, -0.25) is 0 Å². The van der Waals surface area contributed by atoms with Gasteiger partial charge >= 0.3 is 0 Å². The summed E-state index contributed by atoms with van der Waals surface area (Å²) in [6.45, 7) is 23.5. The van der Waals surface area contributed by atoms with Crippen LogP contribution in [0.2, 0.25) is 65.5 Å². The molecule has 0 aliphatic carbocycles. The van der Waals surface area contributed by atoms with E-state index < -0.39 is 42.7 Å². The molecular weight excluding hydrogens is 317 g/mol. The Hall–Kier alpha value is 0.764. The summed E-state index contributed by atoms with van der Waals surface area (Å²) in [5.41, 5.74) is 0. The van der Waals surface area contributed by atoms with Crippen molar-refractivity contribution in [3.05, 3.63) is 0 Å². The summed E-state index contributed by atoms with van der Waals surface area (Å²) in [5.74, 6) is 0. The Bertz CT molecular complexity index is 324. The third-order valence-corrected chi connectivity index (χ3v) is 21.6. The third-order valence-electron chi connectivity index (χ3n) is 2.40. The summed E-state index contributed by atoms with van der Waals surface area (Å²) in [5, 5.41) is 0. The van der Waals surface area contributed by atoms with Gasteiger partial charge in [0.1, 0.15) is 8.59 Å². The molecule has 0 aliphatic rings. The molecule has 3 N–H and O–H groups in total. The summed E-state index contributed by atoms with van der Waals surface area (Å²) in [7, 11) is -5.94. The second-order valence-electron chi connectivity index (χ2n) is 7.42. The van der Waals surface area contributed by atoms with E-state index in [1.54, 1.807) is 0 Å². The van der Waals surface area contributed by atoms with E-state index in [1.807, 2.05) is 0 Å². The van der Waals surface area contributed by atoms with Crippen LogP contribution >= 0.6 is 0 Å². The molecule has 0 rings (SSSR count). The van der Waals surface area contributed by atoms with E-state index in [-0.39, 0.29) is 0 Å². The van der Waals surface area contributed by atoms with Crippen molar-refractivity contribution < 1.29 is 0 Å². The van der Waals surface area contributed by atoms with Gasteiger partial charge in [-0.2, -0.15) is 0 Å². The molecule has 19 heavy (non-hydrogen) atoms. The molecule has 0 heterocycles. The highest BCUT2D eigenvalue weighted by Gasteiger charge is 2.36. The molecule has 114 valence electrons. The molecule has 0 aromatic carbocycles. The molecule has 4 nitrogen and oxygen atoms in total. The molecule has 0 radical (unpaired) electrons. The standard InChI is InChI=1S/C10H34N4Si5/c1-15(2)11-17(5,6)13-19(9,10)14-18(7,8)12-16(3)4/h11,13-15H,1-10H3. The number of rotatable bonds is 7. The fourth-order valence-electron chi connectivity index (χ4n) is 2.92. The van der Waals surface area contributed by atoms with E-state index in [4.69, 9.17) is 4.30 Å². The van der Waals surface area contributed by atoms with Crippen LogP contribution < -0.4 is 13.9 Å². The molecule has 0 aliphatic heterocycles. The summed E-state index contributed by atoms with van der Waals surface area (Å²) in [6, 6.07) is 0. The third kappa shape index (κ3) is 10.2. The second kappa shape index (κ2) is 7.16. The molecule has 0 aromatic rings. The minimum atomic E-state index is -1.62. The van der Waals surface area contributed by atoms with Gasteiger partial charge in [0.05, 0.1) is 8.96 Å². The average molecular weight is 351 g/mol. The molecule has 0 amide bonds. The predicted octanol–water partition coefficient (Wildman–Crippen LogP) is 2.36. The van der Waals surface area contributed by atoms with E-state index in [0.717, 1.165) is 0 Å². The van der Waals surface area contributed by atoms with Crippen LogP contribution in [0.3, 0.4) is 0 Å². The van der Waals surface area contributed by atoms with Gasteiger partial charge in [-0.15, -0.1) is 0 Å². The molecule has 0 atom stereocenters. The average Bonchev–Trinajstić information content (AvgIpc) is 1.89. The summed E-state index contributed by atoms with van der Waals surface area (Å²) in [6.07, 6.45) is 0. The fourth-order valence-corrected chi connectivity index (χ4v) is 28.0. The van der Waals surface area contributed by atoms with Crippen molar-refractivity contribution in [1.29, 1.82) is 0 Å². The topological polar surface area (TPSA) is 48.5 Å². The van der Waals surface area contributed by atoms with E-state index in [0.29, 0.717) is 0 Å². The molecule has 0 bridgehead atoms. The molecule has 0 fully saturated rings. The van der Waals surface area contributed by atoms with Crippen molar-refractivity contribution in [3.63, 3.8) is 0 Å². The van der Waals surface area contributed by atoms with Crippen molar-refractivity contribution in [2.45, 2.75) is 65.5 Å². The number of hydrogen-bond acceptors (Lipinski definition) is 4. The van der Waals surface area contributed by atoms with E-state index in [9.17, 15) is 0 Å². The Morgan fingerprint density at radius 3 is 1.68 bits per heavy atom. The molecule has 0 saturated carbocycles. The van der Waals surface area contributed by atoms with E-state index >= 15 is 0 Å². The van der Waals surface area contributed by atoms with Crippen LogP contribution in [0.25, 0.3) is 0 Å². The second-order valence-corrected chi connectivity index (χ2v) is 25.3. The maximum absolute atomic E-state index is 5.01. The van der Waals surface area contributed by atoms with Gasteiger partial charge in [0, 0.05) is 0 Å². The van der Waals surface area contributed by atoms with Gasteiger partial charge in [-0.05, 0) is 52.4 Å². The quantitative estimate of drug-likeness (QED) is 0.618. The van der Waals surface area contributed by atoms with Crippen LogP contribution in [-0.4, -0.2) is 42.7 Å². The number of hydrogen-bond donors (Lipinski definition) is 3. The minimum absolute atomic E-state index is 0.504. The smallest absolute Gasteiger partial charge is 0.229 e. The summed E-state index contributed by atoms with van der Waals surface area (Å²) >= 11 is 0. The molecule has 0 saturated heterocycles. The highest BCUT2D eigenvalue weighted by atomic mass is 28.5. The molecule has 0 unspecified atom stereocenters. The van der Waals surface area contributed by atoms with Crippen molar-refractivity contribution in [1.82, 2.24) is 13.9 Å². The summed E-state index contributed by atoms with van der Waals surface area (Å²) in [4.78, 5) is 0. The Labute approximate surface area is 126 Å². The molecular formula is C10H34N4Si5. The van der Waals surface area contributed by atoms with Crippen LogP contribution in [0, 0.1) is 0 Å². The first-order valence-electron chi connectivity index (χ1n) is 7.14. The van der Waals surface area contributed by atoms with E-state index in [1.165, 1.54) is 0 Å². The molecule has 0 spiro atoms. The van der Waals surface area contributed by atoms with E-state index in [2.05, 4.69) is 79.4 Å². The zero-order chi connectivity index (χ0) is 15.5. The lowest BCUT2D eigenvalue weighted by Crippen LogP contribution is -2.76. The zero-order valence-corrected chi connectivity index (χ0v) is 19.7. The van der Waals surface area contributed by atoms with Gasteiger partial charge in [-0.1, -0.05) is 13.1 Å². The molecule has 0 aromatic heterocycles. The number of nitrogens with zero attached hydrogens (tertiary/aromatic N) is 1. The Balaban J connectivity index is 4.76. The van der Waals surface area contributed by atoms with Gasteiger partial charge in [-0.25, -0.2) is 0 Å². The lowest BCUT2D eigenvalue weighted by Gasteiger charge is -2.39. The van der Waals surface area contributed by atoms with Crippen LogP contribution in [0.15, 0.2) is 4.30 Å². The van der Waals surface area contributed by atoms with Crippen LogP contribution in [0.1, 0.15) is 0 Å². The van der Waals surface area contributed by atoms with Gasteiger partial charge in [0.15, 0.2) is 16.8 Å². The van der Waals surface area contributed by atoms with Crippen LogP contribution in [-0.2, 0) is 0 Å². The largest absolute Gasteiger partial charge is 0.354 e. The van der Waals surface area contributed by atoms with Gasteiger partial charge in [0.2, 0.25) is 8.40 Å². The normalized spacial score (nSPS) is 13.8. The summed E-state index contributed by atoms with van der Waals surface area (Å²) < 4.78 is 16.8. The minimum Gasteiger partial charge on any atom is -0.354 e. The Kier molecular flexibility index (Phi) is 7.44. The van der Waals surface area contributed by atoms with Crippen molar-refractivity contribution in [2.24, 2.45) is 4.30 Å². The van der Waals surface area contributed by atoms with Crippen molar-refractivity contribution >= 4 is 42.7 Å². The van der Waals surface area contributed by atoms with Crippen molar-refractivity contribution in [3.8, 4) is 0 Å². The first kappa shape index (κ1) is 19.8. The fraction of sp³-hybridized carbons (Fsp3) is 1.00. The predicted molar refractivity (Wildman–Crippen MR) is 101 cm³/mol. The Morgan fingerprint density at radius 2 is 1.32 bits per heavy atom. The van der Waals surface area contributed by atoms with Gasteiger partial charge < -0.3 is 18.2 Å². The maximum Gasteiger partial charge on any atom is 0.229 e. The van der Waals surface area contributed by atoms with Gasteiger partial charge in [0.25, 0.3) is 0 Å². The molecule has 9 heteroatoms. The lowest BCUT2D eigenvalue weighted by molar-refractivity contribution is 1.13. The monoisotopic (exact) mass is 350 g/mol. The lowest BCUT2D eigenvalue weighted by atomic mass is 11.9. The maximum atomic E-state index is 5.01. The number of nitrogens with one attached hydrogen (secondary N) is 3. The SMILES string of the molecule is C[Si](C)=N[Si](C)(C)N[Si](C)(C)N[Si](C)(C)N[SiH](C)C. The highest BCUT2D eigenvalue weighted by Crippen LogP contribution is 2.07. The van der Waals surface area contributed by atoms with Crippen LogP contribution in [0.5, 0.6) is 0 Å². The zero-order valence-electron chi connectivity index (χ0n) is 14.5. The first-order chi connectivity index (χ1) is 8.25.